The number of nitrogen functional groups attached to an aromatic ring is 1. The molecule has 106 valence electrons. The molecule has 2 rings (SSSR count). The summed E-state index contributed by atoms with van der Waals surface area (Å²) in [5, 5.41) is 0.127. The van der Waals surface area contributed by atoms with Crippen molar-refractivity contribution in [3.05, 3.63) is 35.6 Å². The molecule has 0 radical (unpaired) electrons. The Morgan fingerprint density at radius 3 is 2.75 bits per heavy atom. The van der Waals surface area contributed by atoms with Crippen LogP contribution in [0.2, 0.25) is 5.15 Å². The van der Waals surface area contributed by atoms with Crippen LogP contribution in [0, 0.1) is 0 Å². The number of halogens is 1. The van der Waals surface area contributed by atoms with E-state index in [0.717, 1.165) is 0 Å². The van der Waals surface area contributed by atoms with E-state index < -0.39 is 10.0 Å². The van der Waals surface area contributed by atoms with Crippen molar-refractivity contribution in [1.82, 2.24) is 9.97 Å². The molecule has 0 atom stereocenters. The van der Waals surface area contributed by atoms with Crippen LogP contribution < -0.4 is 15.2 Å². The lowest BCUT2D eigenvalue weighted by Crippen LogP contribution is -2.16. The quantitative estimate of drug-likeness (QED) is 0.654. The maximum atomic E-state index is 12.2. The molecule has 0 saturated heterocycles. The molecule has 9 heteroatoms. The highest BCUT2D eigenvalue weighted by atomic mass is 35.5. The van der Waals surface area contributed by atoms with Crippen LogP contribution in [0.3, 0.4) is 0 Å². The van der Waals surface area contributed by atoms with Crippen molar-refractivity contribution < 1.29 is 13.2 Å². The first-order valence-corrected chi connectivity index (χ1v) is 7.23. The summed E-state index contributed by atoms with van der Waals surface area (Å²) in [5.74, 6) is -0.00379. The van der Waals surface area contributed by atoms with Gasteiger partial charge in [-0.1, -0.05) is 11.6 Å². The molecule has 0 fully saturated rings. The van der Waals surface area contributed by atoms with E-state index in [2.05, 4.69) is 14.7 Å². The summed E-state index contributed by atoms with van der Waals surface area (Å²) in [4.78, 5) is 7.46. The molecule has 1 aromatic heterocycles. The number of aromatic nitrogens is 2. The summed E-state index contributed by atoms with van der Waals surface area (Å²) in [6.07, 6.45) is 1.34. The van der Waals surface area contributed by atoms with E-state index in [0.29, 0.717) is 5.69 Å². The number of benzene rings is 1. The van der Waals surface area contributed by atoms with Crippen molar-refractivity contribution in [2.24, 2.45) is 0 Å². The Balaban J connectivity index is 2.40. The van der Waals surface area contributed by atoms with E-state index in [1.807, 2.05) is 0 Å². The number of anilines is 2. The molecule has 0 aliphatic heterocycles. The van der Waals surface area contributed by atoms with Crippen LogP contribution in [0.5, 0.6) is 5.75 Å². The number of methoxy groups -OCH3 is 1. The molecule has 0 unspecified atom stereocenters. The molecule has 0 aliphatic rings. The summed E-state index contributed by atoms with van der Waals surface area (Å²) in [7, 11) is -2.55. The highest BCUT2D eigenvalue weighted by Gasteiger charge is 2.20. The topological polar surface area (TPSA) is 107 Å². The molecule has 0 amide bonds. The van der Waals surface area contributed by atoms with Gasteiger partial charge in [0.1, 0.15) is 15.8 Å². The van der Waals surface area contributed by atoms with Gasteiger partial charge in [0.2, 0.25) is 5.95 Å². The van der Waals surface area contributed by atoms with Gasteiger partial charge < -0.3 is 10.5 Å². The van der Waals surface area contributed by atoms with Gasteiger partial charge in [0, 0.05) is 18.0 Å². The lowest BCUT2D eigenvalue weighted by molar-refractivity contribution is 0.403. The molecular formula is C11H11ClN4O3S. The number of sulfonamides is 1. The fourth-order valence-electron chi connectivity index (χ4n) is 1.47. The van der Waals surface area contributed by atoms with Crippen molar-refractivity contribution in [2.45, 2.75) is 4.90 Å². The van der Waals surface area contributed by atoms with E-state index in [-0.39, 0.29) is 21.7 Å². The van der Waals surface area contributed by atoms with Crippen LogP contribution in [0.25, 0.3) is 0 Å². The summed E-state index contributed by atoms with van der Waals surface area (Å²) >= 11 is 5.67. The van der Waals surface area contributed by atoms with Crippen LogP contribution in [-0.2, 0) is 10.0 Å². The SMILES string of the molecule is COc1cc(N)ccc1S(=O)(=O)Nc1nccc(Cl)n1. The normalized spacial score (nSPS) is 11.1. The fraction of sp³-hybridized carbons (Fsp3) is 0.0909. The molecule has 2 aromatic rings. The van der Waals surface area contributed by atoms with Crippen LogP contribution in [-0.4, -0.2) is 25.5 Å². The van der Waals surface area contributed by atoms with Gasteiger partial charge in [0.15, 0.2) is 0 Å². The lowest BCUT2D eigenvalue weighted by atomic mass is 10.3. The first kappa shape index (κ1) is 14.4. The second kappa shape index (κ2) is 5.51. The second-order valence-electron chi connectivity index (χ2n) is 3.72. The summed E-state index contributed by atoms with van der Waals surface area (Å²) in [5.41, 5.74) is 5.97. The Morgan fingerprint density at radius 1 is 1.35 bits per heavy atom. The van der Waals surface area contributed by atoms with E-state index in [1.165, 1.54) is 37.6 Å². The monoisotopic (exact) mass is 314 g/mol. The first-order valence-electron chi connectivity index (χ1n) is 5.37. The second-order valence-corrected chi connectivity index (χ2v) is 5.76. The standard InChI is InChI=1S/C11H11ClN4O3S/c1-19-8-6-7(13)2-3-9(8)20(17,18)16-11-14-5-4-10(12)15-11/h2-6H,13H2,1H3,(H,14,15,16). The van der Waals surface area contributed by atoms with Crippen molar-refractivity contribution >= 4 is 33.3 Å². The fourth-order valence-corrected chi connectivity index (χ4v) is 2.71. The Labute approximate surface area is 120 Å². The largest absolute Gasteiger partial charge is 0.495 e. The number of hydrogen-bond donors (Lipinski definition) is 2. The van der Waals surface area contributed by atoms with Gasteiger partial charge in [0.05, 0.1) is 7.11 Å². The predicted molar refractivity (Wildman–Crippen MR) is 75.3 cm³/mol. The van der Waals surface area contributed by atoms with Gasteiger partial charge in [-0.25, -0.2) is 23.1 Å². The van der Waals surface area contributed by atoms with Gasteiger partial charge in [-0.15, -0.1) is 0 Å². The van der Waals surface area contributed by atoms with E-state index in [9.17, 15) is 8.42 Å². The molecule has 0 bridgehead atoms. The van der Waals surface area contributed by atoms with Gasteiger partial charge in [-0.05, 0) is 18.2 Å². The highest BCUT2D eigenvalue weighted by Crippen LogP contribution is 2.27. The minimum atomic E-state index is -3.90. The highest BCUT2D eigenvalue weighted by molar-refractivity contribution is 7.92. The molecule has 7 nitrogen and oxygen atoms in total. The Kier molecular flexibility index (Phi) is 3.96. The zero-order valence-corrected chi connectivity index (χ0v) is 11.9. The van der Waals surface area contributed by atoms with Gasteiger partial charge in [0.25, 0.3) is 10.0 Å². The van der Waals surface area contributed by atoms with Gasteiger partial charge in [-0.2, -0.15) is 0 Å². The van der Waals surface area contributed by atoms with Crippen molar-refractivity contribution in [2.75, 3.05) is 17.6 Å². The van der Waals surface area contributed by atoms with Crippen molar-refractivity contribution in [3.63, 3.8) is 0 Å². The van der Waals surface area contributed by atoms with Gasteiger partial charge >= 0.3 is 0 Å². The number of ether oxygens (including phenoxy) is 1. The average molecular weight is 315 g/mol. The maximum absolute atomic E-state index is 12.2. The predicted octanol–water partition coefficient (Wildman–Crippen LogP) is 1.52. The molecule has 1 aromatic carbocycles. The molecular weight excluding hydrogens is 304 g/mol. The minimum Gasteiger partial charge on any atom is -0.495 e. The summed E-state index contributed by atoms with van der Waals surface area (Å²) in [6.45, 7) is 0. The number of nitrogens with one attached hydrogen (secondary N) is 1. The van der Waals surface area contributed by atoms with E-state index >= 15 is 0 Å². The van der Waals surface area contributed by atoms with E-state index in [4.69, 9.17) is 22.1 Å². The molecule has 3 N–H and O–H groups in total. The zero-order valence-electron chi connectivity index (χ0n) is 10.4. The summed E-state index contributed by atoms with van der Waals surface area (Å²) < 4.78 is 31.7. The molecule has 20 heavy (non-hydrogen) atoms. The van der Waals surface area contributed by atoms with Crippen LogP contribution in [0.4, 0.5) is 11.6 Å². The van der Waals surface area contributed by atoms with Crippen LogP contribution in [0.1, 0.15) is 0 Å². The number of hydrogen-bond acceptors (Lipinski definition) is 6. The molecule has 0 aliphatic carbocycles. The third-order valence-corrected chi connectivity index (χ3v) is 3.90. The lowest BCUT2D eigenvalue weighted by Gasteiger charge is -2.11. The van der Waals surface area contributed by atoms with Crippen molar-refractivity contribution in [1.29, 1.82) is 0 Å². The third kappa shape index (κ3) is 3.09. The van der Waals surface area contributed by atoms with Crippen LogP contribution in [0.15, 0.2) is 35.4 Å². The zero-order chi connectivity index (χ0) is 14.8. The van der Waals surface area contributed by atoms with Crippen molar-refractivity contribution in [3.8, 4) is 5.75 Å². The number of nitrogens with zero attached hydrogens (tertiary/aromatic N) is 2. The third-order valence-electron chi connectivity index (χ3n) is 2.32. The molecule has 1 heterocycles. The molecule has 0 spiro atoms. The maximum Gasteiger partial charge on any atom is 0.267 e. The Morgan fingerprint density at radius 2 is 2.10 bits per heavy atom. The number of nitrogens with two attached hydrogens (primary N) is 1. The smallest absolute Gasteiger partial charge is 0.267 e. The Bertz CT molecular complexity index is 736. The first-order chi connectivity index (χ1) is 9.42. The van der Waals surface area contributed by atoms with Crippen LogP contribution >= 0.6 is 11.6 Å². The number of rotatable bonds is 4. The molecule has 0 saturated carbocycles. The minimum absolute atomic E-state index is 0.0715. The summed E-state index contributed by atoms with van der Waals surface area (Å²) in [6, 6.07) is 5.63. The average Bonchev–Trinajstić information content (AvgIpc) is 2.37. The Hall–Kier alpha value is -2.06. The van der Waals surface area contributed by atoms with E-state index in [1.54, 1.807) is 0 Å². The van der Waals surface area contributed by atoms with Gasteiger partial charge in [-0.3, -0.25) is 0 Å².